The van der Waals surface area contributed by atoms with Crippen molar-refractivity contribution >= 4 is 5.78 Å². The first-order chi connectivity index (χ1) is 10.0. The summed E-state index contributed by atoms with van der Waals surface area (Å²) in [6.07, 6.45) is 2.57. The number of aromatic nitrogens is 2. The first-order valence-corrected chi connectivity index (χ1v) is 6.98. The molecular weight excluding hydrogens is 268 g/mol. The van der Waals surface area contributed by atoms with E-state index in [1.807, 2.05) is 32.0 Å². The maximum absolute atomic E-state index is 12.5. The molecule has 1 aromatic heterocycles. The summed E-state index contributed by atoms with van der Waals surface area (Å²) < 4.78 is 1.08. The summed E-state index contributed by atoms with van der Waals surface area (Å²) in [6.45, 7) is 5.24. The minimum Gasteiger partial charge on any atom is -0.313 e. The summed E-state index contributed by atoms with van der Waals surface area (Å²) >= 11 is 0. The van der Waals surface area contributed by atoms with Gasteiger partial charge in [-0.05, 0) is 30.9 Å². The van der Waals surface area contributed by atoms with Crippen molar-refractivity contribution in [3.8, 4) is 5.69 Å². The van der Waals surface area contributed by atoms with Gasteiger partial charge in [-0.25, -0.2) is 9.36 Å². The van der Waals surface area contributed by atoms with E-state index >= 15 is 0 Å². The quantitative estimate of drug-likeness (QED) is 0.872. The highest BCUT2D eigenvalue weighted by atomic mass is 16.2. The minimum absolute atomic E-state index is 0.0115. The maximum Gasteiger partial charge on any atom is 0.333 e. The predicted molar refractivity (Wildman–Crippen MR) is 81.4 cm³/mol. The average Bonchev–Trinajstić information content (AvgIpc) is 2.46. The molecule has 21 heavy (non-hydrogen) atoms. The summed E-state index contributed by atoms with van der Waals surface area (Å²) in [5.41, 5.74) is 1.30. The highest BCUT2D eigenvalue weighted by molar-refractivity contribution is 5.93. The standard InChI is InChI=1S/C16H18N2O3/c1-4-11-7-6-8-12(5-2)14(11)18-15(20)13(10(3)19)9-17-16(18)21/h6-9H,4-5H2,1-3H3,(H,17,21). The molecule has 0 radical (unpaired) electrons. The third kappa shape index (κ3) is 2.59. The number of carbonyl (C=O) groups excluding carboxylic acids is 1. The molecule has 2 rings (SSSR count). The molecule has 110 valence electrons. The number of nitrogens with one attached hydrogen (secondary N) is 1. The number of hydrogen-bond donors (Lipinski definition) is 1. The molecule has 0 unspecified atom stereocenters. The van der Waals surface area contributed by atoms with Crippen LogP contribution >= 0.6 is 0 Å². The molecule has 0 spiro atoms. The molecule has 5 heteroatoms. The molecule has 1 heterocycles. The Labute approximate surface area is 122 Å². The third-order valence-corrected chi connectivity index (χ3v) is 3.54. The van der Waals surface area contributed by atoms with Crippen LogP contribution in [0.3, 0.4) is 0 Å². The smallest absolute Gasteiger partial charge is 0.313 e. The van der Waals surface area contributed by atoms with Crippen LogP contribution in [0.15, 0.2) is 34.0 Å². The normalized spacial score (nSPS) is 10.6. The molecule has 1 aromatic carbocycles. The van der Waals surface area contributed by atoms with Crippen molar-refractivity contribution in [2.45, 2.75) is 33.6 Å². The van der Waals surface area contributed by atoms with Gasteiger partial charge in [-0.2, -0.15) is 0 Å². The molecule has 5 nitrogen and oxygen atoms in total. The second-order valence-corrected chi connectivity index (χ2v) is 4.84. The fourth-order valence-electron chi connectivity index (χ4n) is 2.43. The van der Waals surface area contributed by atoms with Crippen molar-refractivity contribution in [3.05, 3.63) is 61.9 Å². The number of aryl methyl sites for hydroxylation is 2. The SMILES string of the molecule is CCc1cccc(CC)c1-n1c(=O)[nH]cc(C(C)=O)c1=O. The Hall–Kier alpha value is -2.43. The van der Waals surface area contributed by atoms with Gasteiger partial charge in [-0.15, -0.1) is 0 Å². The van der Waals surface area contributed by atoms with E-state index in [-0.39, 0.29) is 11.3 Å². The molecule has 0 aliphatic heterocycles. The van der Waals surface area contributed by atoms with Crippen LogP contribution in [0.4, 0.5) is 0 Å². The number of para-hydroxylation sites is 1. The van der Waals surface area contributed by atoms with Gasteiger partial charge in [0.2, 0.25) is 0 Å². The largest absolute Gasteiger partial charge is 0.333 e. The Balaban J connectivity index is 2.91. The Morgan fingerprint density at radius 3 is 2.19 bits per heavy atom. The summed E-state index contributed by atoms with van der Waals surface area (Å²) in [5, 5.41) is 0. The molecule has 0 fully saturated rings. The van der Waals surface area contributed by atoms with Crippen LogP contribution in [-0.4, -0.2) is 15.3 Å². The molecule has 0 bridgehead atoms. The molecule has 0 saturated carbocycles. The fraction of sp³-hybridized carbons (Fsp3) is 0.312. The van der Waals surface area contributed by atoms with Gasteiger partial charge in [0, 0.05) is 6.20 Å². The summed E-state index contributed by atoms with van der Waals surface area (Å²) in [4.78, 5) is 38.7. The highest BCUT2D eigenvalue weighted by Gasteiger charge is 2.16. The lowest BCUT2D eigenvalue weighted by Crippen LogP contribution is -2.37. The lowest BCUT2D eigenvalue weighted by molar-refractivity contribution is 0.101. The number of ketones is 1. The van der Waals surface area contributed by atoms with Crippen LogP contribution in [0.1, 0.15) is 42.3 Å². The zero-order chi connectivity index (χ0) is 15.6. The van der Waals surface area contributed by atoms with Gasteiger partial charge in [0.05, 0.1) is 11.3 Å². The van der Waals surface area contributed by atoms with E-state index in [0.29, 0.717) is 18.5 Å². The monoisotopic (exact) mass is 286 g/mol. The van der Waals surface area contributed by atoms with E-state index in [9.17, 15) is 14.4 Å². The van der Waals surface area contributed by atoms with Gasteiger partial charge in [-0.1, -0.05) is 32.0 Å². The van der Waals surface area contributed by atoms with Crippen molar-refractivity contribution in [1.29, 1.82) is 0 Å². The van der Waals surface area contributed by atoms with E-state index in [1.54, 1.807) is 0 Å². The van der Waals surface area contributed by atoms with Gasteiger partial charge in [0.15, 0.2) is 5.78 Å². The van der Waals surface area contributed by atoms with E-state index in [1.165, 1.54) is 13.1 Å². The number of Topliss-reactive ketones (excluding diaryl/α,β-unsaturated/α-hetero) is 1. The Morgan fingerprint density at radius 1 is 1.14 bits per heavy atom. The Bertz CT molecular complexity index is 778. The van der Waals surface area contributed by atoms with Crippen molar-refractivity contribution < 1.29 is 4.79 Å². The molecule has 2 aromatic rings. The van der Waals surface area contributed by atoms with Crippen LogP contribution in [-0.2, 0) is 12.8 Å². The second-order valence-electron chi connectivity index (χ2n) is 4.84. The lowest BCUT2D eigenvalue weighted by Gasteiger charge is -2.14. The predicted octanol–water partition coefficient (Wildman–Crippen LogP) is 1.85. The summed E-state index contributed by atoms with van der Waals surface area (Å²) in [5.74, 6) is -0.364. The van der Waals surface area contributed by atoms with Crippen LogP contribution in [0.25, 0.3) is 5.69 Å². The number of rotatable bonds is 4. The molecule has 0 aliphatic carbocycles. The number of carbonyl (C=O) groups is 1. The topological polar surface area (TPSA) is 71.9 Å². The van der Waals surface area contributed by atoms with Gasteiger partial charge >= 0.3 is 5.69 Å². The van der Waals surface area contributed by atoms with E-state index in [2.05, 4.69) is 4.98 Å². The van der Waals surface area contributed by atoms with E-state index in [4.69, 9.17) is 0 Å². The molecule has 0 saturated heterocycles. The molecule has 0 aliphatic rings. The highest BCUT2D eigenvalue weighted by Crippen LogP contribution is 2.18. The van der Waals surface area contributed by atoms with Gasteiger partial charge in [0.25, 0.3) is 5.56 Å². The van der Waals surface area contributed by atoms with Crippen LogP contribution in [0.5, 0.6) is 0 Å². The Morgan fingerprint density at radius 2 is 1.71 bits per heavy atom. The zero-order valence-electron chi connectivity index (χ0n) is 12.4. The number of H-pyrrole nitrogens is 1. The van der Waals surface area contributed by atoms with E-state index < -0.39 is 11.2 Å². The van der Waals surface area contributed by atoms with Crippen molar-refractivity contribution in [2.75, 3.05) is 0 Å². The number of hydrogen-bond acceptors (Lipinski definition) is 3. The van der Waals surface area contributed by atoms with Crippen molar-refractivity contribution in [1.82, 2.24) is 9.55 Å². The van der Waals surface area contributed by atoms with Crippen molar-refractivity contribution in [3.63, 3.8) is 0 Å². The lowest BCUT2D eigenvalue weighted by atomic mass is 10.0. The average molecular weight is 286 g/mol. The zero-order valence-corrected chi connectivity index (χ0v) is 12.4. The molecular formula is C16H18N2O3. The third-order valence-electron chi connectivity index (χ3n) is 3.54. The minimum atomic E-state index is -0.568. The van der Waals surface area contributed by atoms with Crippen LogP contribution in [0.2, 0.25) is 0 Å². The van der Waals surface area contributed by atoms with E-state index in [0.717, 1.165) is 15.7 Å². The van der Waals surface area contributed by atoms with Gasteiger partial charge in [-0.3, -0.25) is 9.59 Å². The molecule has 0 amide bonds. The Kier molecular flexibility index (Phi) is 4.21. The molecule has 1 N–H and O–H groups in total. The maximum atomic E-state index is 12.5. The van der Waals surface area contributed by atoms with Gasteiger partial charge < -0.3 is 4.98 Å². The summed E-state index contributed by atoms with van der Waals surface area (Å²) in [7, 11) is 0. The van der Waals surface area contributed by atoms with Gasteiger partial charge in [0.1, 0.15) is 0 Å². The first-order valence-electron chi connectivity index (χ1n) is 6.98. The van der Waals surface area contributed by atoms with Crippen LogP contribution in [0, 0.1) is 0 Å². The van der Waals surface area contributed by atoms with Crippen molar-refractivity contribution in [2.24, 2.45) is 0 Å². The number of nitrogens with zero attached hydrogens (tertiary/aromatic N) is 1. The number of aromatic amines is 1. The second kappa shape index (κ2) is 5.91. The fourth-order valence-corrected chi connectivity index (χ4v) is 2.43. The summed E-state index contributed by atoms with van der Waals surface area (Å²) in [6, 6.07) is 5.69. The number of benzene rings is 1. The first kappa shape index (κ1) is 15.0. The molecule has 0 atom stereocenters. The van der Waals surface area contributed by atoms with Crippen LogP contribution < -0.4 is 11.2 Å².